The van der Waals surface area contributed by atoms with E-state index >= 15 is 0 Å². The van der Waals surface area contributed by atoms with Gasteiger partial charge in [0.2, 0.25) is 0 Å². The summed E-state index contributed by atoms with van der Waals surface area (Å²) in [4.78, 5) is 32.9. The van der Waals surface area contributed by atoms with Gasteiger partial charge in [-0.2, -0.15) is 0 Å². The number of likely N-dealkylation sites (N-methyl/N-ethyl adjacent to an activating group) is 1. The van der Waals surface area contributed by atoms with Gasteiger partial charge < -0.3 is 20.2 Å². The lowest BCUT2D eigenvalue weighted by Gasteiger charge is -2.55. The SMILES string of the molecule is CC(C)NC(=O)N1[C@@H](CO)[C@H](c2ccccc2)[C@@H]1CN(C)C(=O)c1cccnc1. The minimum Gasteiger partial charge on any atom is -0.394 e. The molecule has 0 radical (unpaired) electrons. The van der Waals surface area contributed by atoms with Crippen molar-refractivity contribution in [2.75, 3.05) is 20.2 Å². The number of benzene rings is 1. The number of amides is 3. The fourth-order valence-corrected chi connectivity index (χ4v) is 3.97. The van der Waals surface area contributed by atoms with Crippen LogP contribution in [0.3, 0.4) is 0 Å². The van der Waals surface area contributed by atoms with E-state index in [9.17, 15) is 14.7 Å². The Morgan fingerprint density at radius 3 is 2.48 bits per heavy atom. The lowest BCUT2D eigenvalue weighted by Crippen LogP contribution is -2.70. The quantitative estimate of drug-likeness (QED) is 0.783. The highest BCUT2D eigenvalue weighted by atomic mass is 16.3. The van der Waals surface area contributed by atoms with E-state index in [2.05, 4.69) is 10.3 Å². The summed E-state index contributed by atoms with van der Waals surface area (Å²) in [5.41, 5.74) is 1.55. The molecule has 7 heteroatoms. The number of rotatable bonds is 6. The van der Waals surface area contributed by atoms with Crippen molar-refractivity contribution in [2.45, 2.75) is 37.9 Å². The van der Waals surface area contributed by atoms with Crippen LogP contribution in [0.25, 0.3) is 0 Å². The van der Waals surface area contributed by atoms with Crippen molar-refractivity contribution in [2.24, 2.45) is 0 Å². The molecule has 29 heavy (non-hydrogen) atoms. The monoisotopic (exact) mass is 396 g/mol. The summed E-state index contributed by atoms with van der Waals surface area (Å²) < 4.78 is 0. The molecule has 2 heterocycles. The molecule has 1 fully saturated rings. The van der Waals surface area contributed by atoms with Crippen LogP contribution in [0.5, 0.6) is 0 Å². The number of likely N-dealkylation sites (tertiary alicyclic amines) is 1. The molecule has 2 N–H and O–H groups in total. The van der Waals surface area contributed by atoms with Crippen LogP contribution in [0.15, 0.2) is 54.9 Å². The minimum absolute atomic E-state index is 0.0203. The molecule has 0 unspecified atom stereocenters. The van der Waals surface area contributed by atoms with Gasteiger partial charge in [-0.1, -0.05) is 30.3 Å². The van der Waals surface area contributed by atoms with Crippen LogP contribution in [-0.4, -0.2) is 70.2 Å². The smallest absolute Gasteiger partial charge is 0.318 e. The van der Waals surface area contributed by atoms with Gasteiger partial charge in [-0.3, -0.25) is 9.78 Å². The second kappa shape index (κ2) is 9.05. The van der Waals surface area contributed by atoms with Gasteiger partial charge in [-0.25, -0.2) is 4.79 Å². The first-order chi connectivity index (χ1) is 13.9. The van der Waals surface area contributed by atoms with Gasteiger partial charge in [0.05, 0.1) is 24.3 Å². The van der Waals surface area contributed by atoms with Crippen molar-refractivity contribution < 1.29 is 14.7 Å². The molecule has 1 aliphatic rings. The first-order valence-corrected chi connectivity index (χ1v) is 9.84. The maximum absolute atomic E-state index is 12.8. The van der Waals surface area contributed by atoms with Crippen LogP contribution in [0.4, 0.5) is 4.79 Å². The Morgan fingerprint density at radius 1 is 1.17 bits per heavy atom. The fourth-order valence-electron chi connectivity index (χ4n) is 3.97. The molecule has 3 amide bonds. The molecule has 3 atom stereocenters. The maximum Gasteiger partial charge on any atom is 0.318 e. The van der Waals surface area contributed by atoms with Crippen molar-refractivity contribution in [3.05, 3.63) is 66.0 Å². The van der Waals surface area contributed by atoms with Crippen LogP contribution in [-0.2, 0) is 0 Å². The van der Waals surface area contributed by atoms with Crippen LogP contribution >= 0.6 is 0 Å². The first-order valence-electron chi connectivity index (χ1n) is 9.84. The van der Waals surface area contributed by atoms with E-state index in [4.69, 9.17) is 0 Å². The normalized spacial score (nSPS) is 20.9. The third-order valence-corrected chi connectivity index (χ3v) is 5.28. The Balaban J connectivity index is 1.85. The molecular formula is C22H28N4O3. The Bertz CT molecular complexity index is 828. The number of nitrogens with one attached hydrogen (secondary N) is 1. The predicted octanol–water partition coefficient (Wildman–Crippen LogP) is 2.10. The van der Waals surface area contributed by atoms with Crippen molar-refractivity contribution in [3.8, 4) is 0 Å². The Kier molecular flexibility index (Phi) is 6.49. The highest BCUT2D eigenvalue weighted by molar-refractivity contribution is 5.93. The summed E-state index contributed by atoms with van der Waals surface area (Å²) in [6, 6.07) is 12.5. The van der Waals surface area contributed by atoms with Crippen molar-refractivity contribution in [1.82, 2.24) is 20.1 Å². The number of pyridine rings is 1. The Morgan fingerprint density at radius 2 is 1.90 bits per heavy atom. The summed E-state index contributed by atoms with van der Waals surface area (Å²) in [5, 5.41) is 12.9. The van der Waals surface area contributed by atoms with Gasteiger partial charge in [0.25, 0.3) is 5.91 Å². The van der Waals surface area contributed by atoms with E-state index in [-0.39, 0.29) is 42.6 Å². The van der Waals surface area contributed by atoms with E-state index in [1.807, 2.05) is 44.2 Å². The van der Waals surface area contributed by atoms with Gasteiger partial charge >= 0.3 is 6.03 Å². The molecule has 1 saturated heterocycles. The van der Waals surface area contributed by atoms with Gasteiger partial charge in [0, 0.05) is 37.9 Å². The first kappa shape index (κ1) is 20.8. The highest BCUT2D eigenvalue weighted by Crippen LogP contribution is 2.41. The average molecular weight is 396 g/mol. The highest BCUT2D eigenvalue weighted by Gasteiger charge is 2.51. The molecule has 1 aromatic heterocycles. The van der Waals surface area contributed by atoms with Crippen LogP contribution < -0.4 is 5.32 Å². The van der Waals surface area contributed by atoms with Crippen LogP contribution in [0, 0.1) is 0 Å². The fraction of sp³-hybridized carbons (Fsp3) is 0.409. The standard InChI is InChI=1S/C22H28N4O3/c1-15(2)24-22(29)26-18(13-25(3)21(28)17-10-7-11-23-12-17)20(19(26)14-27)16-8-5-4-6-9-16/h4-12,15,18-20,27H,13-14H2,1-3H3,(H,24,29)/t18-,19-,20+/m0/s1. The molecule has 7 nitrogen and oxygen atoms in total. The summed E-state index contributed by atoms with van der Waals surface area (Å²) in [7, 11) is 1.72. The second-order valence-electron chi connectivity index (χ2n) is 7.69. The number of urea groups is 1. The zero-order valence-corrected chi connectivity index (χ0v) is 17.0. The Labute approximate surface area is 171 Å². The third-order valence-electron chi connectivity index (χ3n) is 5.28. The number of aliphatic hydroxyl groups is 1. The van der Waals surface area contributed by atoms with Gasteiger partial charge in [0.15, 0.2) is 0 Å². The summed E-state index contributed by atoms with van der Waals surface area (Å²) in [6.07, 6.45) is 3.16. The second-order valence-corrected chi connectivity index (χ2v) is 7.69. The number of aromatic nitrogens is 1. The van der Waals surface area contributed by atoms with Crippen molar-refractivity contribution >= 4 is 11.9 Å². The van der Waals surface area contributed by atoms with E-state index in [1.165, 1.54) is 6.20 Å². The van der Waals surface area contributed by atoms with Gasteiger partial charge in [-0.15, -0.1) is 0 Å². The van der Waals surface area contributed by atoms with Crippen LogP contribution in [0.1, 0.15) is 35.7 Å². The molecule has 154 valence electrons. The zero-order chi connectivity index (χ0) is 21.0. The third kappa shape index (κ3) is 4.40. The van der Waals surface area contributed by atoms with Gasteiger partial charge in [0.1, 0.15) is 0 Å². The lowest BCUT2D eigenvalue weighted by molar-refractivity contribution is -0.0190. The van der Waals surface area contributed by atoms with Crippen molar-refractivity contribution in [1.29, 1.82) is 0 Å². The van der Waals surface area contributed by atoms with Crippen molar-refractivity contribution in [3.63, 3.8) is 0 Å². The molecule has 1 aromatic carbocycles. The number of hydrogen-bond donors (Lipinski definition) is 2. The van der Waals surface area contributed by atoms with E-state index in [0.717, 1.165) is 5.56 Å². The number of nitrogens with zero attached hydrogens (tertiary/aromatic N) is 3. The average Bonchev–Trinajstić information content (AvgIpc) is 2.71. The topological polar surface area (TPSA) is 85.8 Å². The van der Waals surface area contributed by atoms with E-state index in [1.54, 1.807) is 35.2 Å². The molecule has 0 spiro atoms. The molecular weight excluding hydrogens is 368 g/mol. The molecule has 1 aliphatic heterocycles. The summed E-state index contributed by atoms with van der Waals surface area (Å²) in [5.74, 6) is -0.204. The molecule has 2 aromatic rings. The largest absolute Gasteiger partial charge is 0.394 e. The Hall–Kier alpha value is -2.93. The number of aliphatic hydroxyl groups excluding tert-OH is 1. The molecule has 0 saturated carbocycles. The minimum atomic E-state index is -0.331. The maximum atomic E-state index is 12.8. The summed E-state index contributed by atoms with van der Waals surface area (Å²) in [6.45, 7) is 4.01. The van der Waals surface area contributed by atoms with E-state index in [0.29, 0.717) is 12.1 Å². The molecule has 0 aliphatic carbocycles. The summed E-state index contributed by atoms with van der Waals surface area (Å²) >= 11 is 0. The zero-order valence-electron chi connectivity index (χ0n) is 17.0. The predicted molar refractivity (Wildman–Crippen MR) is 111 cm³/mol. The van der Waals surface area contributed by atoms with Gasteiger partial charge in [-0.05, 0) is 31.5 Å². The van der Waals surface area contributed by atoms with Crippen LogP contribution in [0.2, 0.25) is 0 Å². The van der Waals surface area contributed by atoms with E-state index < -0.39 is 0 Å². The number of hydrogen-bond acceptors (Lipinski definition) is 4. The number of carbonyl (C=O) groups is 2. The number of carbonyl (C=O) groups excluding carboxylic acids is 2. The lowest BCUT2D eigenvalue weighted by atomic mass is 9.75. The molecule has 3 rings (SSSR count). The molecule has 0 bridgehead atoms.